The molecule has 1 atom stereocenters. The highest BCUT2D eigenvalue weighted by Crippen LogP contribution is 2.26. The molecule has 0 saturated carbocycles. The van der Waals surface area contributed by atoms with E-state index in [-0.39, 0.29) is 6.61 Å². The zero-order valence-electron chi connectivity index (χ0n) is 8.70. The van der Waals surface area contributed by atoms with Crippen molar-refractivity contribution >= 4 is 27.3 Å². The van der Waals surface area contributed by atoms with Crippen LogP contribution in [0.2, 0.25) is 0 Å². The van der Waals surface area contributed by atoms with Gasteiger partial charge in [-0.3, -0.25) is 0 Å². The Morgan fingerprint density at radius 1 is 1.53 bits per heavy atom. The van der Waals surface area contributed by atoms with E-state index in [1.165, 1.54) is 4.88 Å². The Morgan fingerprint density at radius 3 is 2.93 bits per heavy atom. The number of nitrogens with one attached hydrogen (secondary N) is 1. The lowest BCUT2D eigenvalue weighted by Gasteiger charge is -2.11. The monoisotopic (exact) mass is 293 g/mol. The molecule has 86 valence electrons. The first kappa shape index (κ1) is 13.1. The van der Waals surface area contributed by atoms with Gasteiger partial charge in [0.05, 0.1) is 23.6 Å². The van der Waals surface area contributed by atoms with E-state index in [9.17, 15) is 0 Å². The van der Waals surface area contributed by atoms with Gasteiger partial charge in [-0.15, -0.1) is 11.3 Å². The van der Waals surface area contributed by atoms with Gasteiger partial charge in [-0.05, 0) is 35.0 Å². The zero-order valence-corrected chi connectivity index (χ0v) is 11.1. The molecule has 3 nitrogen and oxygen atoms in total. The van der Waals surface area contributed by atoms with Crippen LogP contribution >= 0.6 is 27.3 Å². The number of hydrogen-bond acceptors (Lipinski definition) is 4. The minimum Gasteiger partial charge on any atom is -0.394 e. The number of aliphatic hydroxyl groups is 1. The number of halogens is 1. The predicted molar refractivity (Wildman–Crippen MR) is 66.3 cm³/mol. The van der Waals surface area contributed by atoms with Crippen molar-refractivity contribution in [2.45, 2.75) is 13.0 Å². The Labute approximate surface area is 103 Å². The van der Waals surface area contributed by atoms with Crippen LogP contribution in [0.4, 0.5) is 0 Å². The van der Waals surface area contributed by atoms with Gasteiger partial charge in [-0.25, -0.2) is 0 Å². The lowest BCUT2D eigenvalue weighted by atomic mass is 10.3. The predicted octanol–water partition coefficient (Wildman–Crippen LogP) is 2.17. The SMILES string of the molecule is C[C@@H](NCCOCCO)c1ccc(Br)s1. The summed E-state index contributed by atoms with van der Waals surface area (Å²) in [4.78, 5) is 1.31. The van der Waals surface area contributed by atoms with Crippen LogP contribution in [0.5, 0.6) is 0 Å². The van der Waals surface area contributed by atoms with E-state index in [4.69, 9.17) is 9.84 Å². The van der Waals surface area contributed by atoms with Crippen molar-refractivity contribution in [1.29, 1.82) is 0 Å². The van der Waals surface area contributed by atoms with E-state index < -0.39 is 0 Å². The van der Waals surface area contributed by atoms with Gasteiger partial charge in [0.15, 0.2) is 0 Å². The van der Waals surface area contributed by atoms with Gasteiger partial charge in [-0.1, -0.05) is 0 Å². The van der Waals surface area contributed by atoms with E-state index in [0.717, 1.165) is 10.3 Å². The van der Waals surface area contributed by atoms with Crippen molar-refractivity contribution in [2.24, 2.45) is 0 Å². The summed E-state index contributed by atoms with van der Waals surface area (Å²) < 4.78 is 6.31. The fraction of sp³-hybridized carbons (Fsp3) is 0.600. The molecule has 0 aliphatic carbocycles. The third kappa shape index (κ3) is 5.08. The molecule has 1 aromatic rings. The molecule has 1 aromatic heterocycles. The minimum absolute atomic E-state index is 0.0907. The number of hydrogen-bond donors (Lipinski definition) is 2. The largest absolute Gasteiger partial charge is 0.394 e. The average Bonchev–Trinajstić information content (AvgIpc) is 2.64. The molecule has 0 aliphatic rings. The summed E-state index contributed by atoms with van der Waals surface area (Å²) in [5, 5.41) is 11.9. The van der Waals surface area contributed by atoms with Crippen LogP contribution < -0.4 is 5.32 Å². The molecule has 0 bridgehead atoms. The third-order valence-electron chi connectivity index (χ3n) is 1.95. The molecular formula is C10H16BrNO2S. The number of thiophene rings is 1. The third-order valence-corrected chi connectivity index (χ3v) is 3.76. The minimum atomic E-state index is 0.0907. The average molecular weight is 294 g/mol. The molecule has 5 heteroatoms. The summed E-state index contributed by atoms with van der Waals surface area (Å²) in [7, 11) is 0. The van der Waals surface area contributed by atoms with E-state index >= 15 is 0 Å². The van der Waals surface area contributed by atoms with Crippen molar-refractivity contribution in [3.05, 3.63) is 20.8 Å². The Balaban J connectivity index is 2.16. The van der Waals surface area contributed by atoms with Crippen molar-refractivity contribution < 1.29 is 9.84 Å². The molecule has 0 radical (unpaired) electrons. The first-order valence-electron chi connectivity index (χ1n) is 4.91. The summed E-state index contributed by atoms with van der Waals surface area (Å²) >= 11 is 5.18. The number of rotatable bonds is 7. The maximum absolute atomic E-state index is 8.51. The smallest absolute Gasteiger partial charge is 0.0701 e. The molecule has 15 heavy (non-hydrogen) atoms. The van der Waals surface area contributed by atoms with Crippen molar-refractivity contribution in [3.8, 4) is 0 Å². The zero-order chi connectivity index (χ0) is 11.1. The second-order valence-electron chi connectivity index (χ2n) is 3.15. The summed E-state index contributed by atoms with van der Waals surface area (Å²) in [5.41, 5.74) is 0. The Hall–Kier alpha value is 0.0600. The maximum Gasteiger partial charge on any atom is 0.0701 e. The fourth-order valence-electron chi connectivity index (χ4n) is 1.18. The molecule has 0 aliphatic heterocycles. The summed E-state index contributed by atoms with van der Waals surface area (Å²) in [6.07, 6.45) is 0. The molecule has 2 N–H and O–H groups in total. The summed E-state index contributed by atoms with van der Waals surface area (Å²) in [6.45, 7) is 4.08. The van der Waals surface area contributed by atoms with E-state index in [2.05, 4.69) is 40.3 Å². The fourth-order valence-corrected chi connectivity index (χ4v) is 2.63. The van der Waals surface area contributed by atoms with Gasteiger partial charge in [0, 0.05) is 17.5 Å². The highest BCUT2D eigenvalue weighted by Gasteiger charge is 2.06. The molecular weight excluding hydrogens is 278 g/mol. The van der Waals surface area contributed by atoms with Crippen molar-refractivity contribution in [2.75, 3.05) is 26.4 Å². The molecule has 1 heterocycles. The van der Waals surface area contributed by atoms with E-state index in [1.54, 1.807) is 11.3 Å². The van der Waals surface area contributed by atoms with Gasteiger partial charge in [0.25, 0.3) is 0 Å². The molecule has 0 amide bonds. The van der Waals surface area contributed by atoms with Gasteiger partial charge >= 0.3 is 0 Å². The first-order valence-corrected chi connectivity index (χ1v) is 6.52. The van der Waals surface area contributed by atoms with Gasteiger partial charge in [0.1, 0.15) is 0 Å². The van der Waals surface area contributed by atoms with Crippen LogP contribution in [0.15, 0.2) is 15.9 Å². The molecule has 0 unspecified atom stereocenters. The Kier molecular flexibility index (Phi) is 6.43. The van der Waals surface area contributed by atoms with Gasteiger partial charge in [0.2, 0.25) is 0 Å². The topological polar surface area (TPSA) is 41.5 Å². The first-order chi connectivity index (χ1) is 7.24. The highest BCUT2D eigenvalue weighted by molar-refractivity contribution is 9.11. The van der Waals surface area contributed by atoms with E-state index in [0.29, 0.717) is 19.3 Å². The van der Waals surface area contributed by atoms with Crippen LogP contribution in [0.25, 0.3) is 0 Å². The van der Waals surface area contributed by atoms with E-state index in [1.807, 2.05) is 0 Å². The molecule has 0 aromatic carbocycles. The van der Waals surface area contributed by atoms with Crippen molar-refractivity contribution in [3.63, 3.8) is 0 Å². The second kappa shape index (κ2) is 7.35. The standard InChI is InChI=1S/C10H16BrNO2S/c1-8(9-2-3-10(11)15-9)12-4-6-14-7-5-13/h2-3,8,12-13H,4-7H2,1H3/t8-/m1/s1. The Bertz CT molecular complexity index is 280. The lowest BCUT2D eigenvalue weighted by molar-refractivity contribution is 0.0929. The summed E-state index contributed by atoms with van der Waals surface area (Å²) in [5.74, 6) is 0. The van der Waals surface area contributed by atoms with Crippen molar-refractivity contribution in [1.82, 2.24) is 5.32 Å². The second-order valence-corrected chi connectivity index (χ2v) is 5.65. The molecule has 0 spiro atoms. The molecule has 1 rings (SSSR count). The lowest BCUT2D eigenvalue weighted by Crippen LogP contribution is -2.23. The number of aliphatic hydroxyl groups excluding tert-OH is 1. The van der Waals surface area contributed by atoms with Gasteiger partial charge < -0.3 is 15.2 Å². The molecule has 0 saturated heterocycles. The van der Waals surface area contributed by atoms with Crippen LogP contribution in [-0.4, -0.2) is 31.5 Å². The quantitative estimate of drug-likeness (QED) is 0.757. The normalized spacial score (nSPS) is 13.0. The number of ether oxygens (including phenoxy) is 1. The van der Waals surface area contributed by atoms with Crippen LogP contribution in [-0.2, 0) is 4.74 Å². The highest BCUT2D eigenvalue weighted by atomic mass is 79.9. The summed E-state index contributed by atoms with van der Waals surface area (Å²) in [6, 6.07) is 4.51. The molecule has 0 fully saturated rings. The maximum atomic E-state index is 8.51. The Morgan fingerprint density at radius 2 is 2.33 bits per heavy atom. The van der Waals surface area contributed by atoms with Gasteiger partial charge in [-0.2, -0.15) is 0 Å². The van der Waals surface area contributed by atoms with Crippen LogP contribution in [0, 0.1) is 0 Å². The van der Waals surface area contributed by atoms with Crippen LogP contribution in [0.1, 0.15) is 17.8 Å². The van der Waals surface area contributed by atoms with Crippen LogP contribution in [0.3, 0.4) is 0 Å².